The Morgan fingerprint density at radius 2 is 2.06 bits per heavy atom. The topological polar surface area (TPSA) is 46.6 Å². The molecule has 1 aliphatic heterocycles. The number of hydrogen-bond acceptors (Lipinski definition) is 4. The van der Waals surface area contributed by atoms with Gasteiger partial charge in [-0.3, -0.25) is 4.79 Å². The number of carbonyl (C=O) groups excluding carboxylic acids is 2. The fourth-order valence-electron chi connectivity index (χ4n) is 1.77. The van der Waals surface area contributed by atoms with Crippen LogP contribution in [0.15, 0.2) is 42.1 Å². The molecule has 17 heavy (non-hydrogen) atoms. The van der Waals surface area contributed by atoms with Crippen molar-refractivity contribution in [1.82, 2.24) is 4.90 Å². The Hall–Kier alpha value is -2.10. The van der Waals surface area contributed by atoms with E-state index in [0.717, 1.165) is 5.56 Å². The zero-order valence-corrected chi connectivity index (χ0v) is 9.55. The lowest BCUT2D eigenvalue weighted by molar-refractivity contribution is -0.137. The van der Waals surface area contributed by atoms with E-state index in [1.54, 1.807) is 6.20 Å². The first-order valence-electron chi connectivity index (χ1n) is 5.32. The lowest BCUT2D eigenvalue weighted by atomic mass is 10.2. The van der Waals surface area contributed by atoms with E-state index >= 15 is 0 Å². The highest BCUT2D eigenvalue weighted by Crippen LogP contribution is 2.15. The molecule has 0 amide bonds. The van der Waals surface area contributed by atoms with Gasteiger partial charge in [-0.05, 0) is 5.56 Å². The predicted molar refractivity (Wildman–Crippen MR) is 62.0 cm³/mol. The number of nitrogens with zero attached hydrogens (tertiary/aromatic N) is 1. The van der Waals surface area contributed by atoms with Crippen molar-refractivity contribution in [3.8, 4) is 0 Å². The minimum Gasteiger partial charge on any atom is -0.465 e. The average Bonchev–Trinajstić information content (AvgIpc) is 2.70. The minimum absolute atomic E-state index is 0.128. The Morgan fingerprint density at radius 1 is 1.35 bits per heavy atom. The average molecular weight is 231 g/mol. The predicted octanol–water partition coefficient (Wildman–Crippen LogP) is 1.13. The molecule has 88 valence electrons. The molecule has 4 heteroatoms. The van der Waals surface area contributed by atoms with Crippen LogP contribution in [0.2, 0.25) is 0 Å². The second-order valence-electron chi connectivity index (χ2n) is 3.85. The van der Waals surface area contributed by atoms with Gasteiger partial charge < -0.3 is 9.64 Å². The van der Waals surface area contributed by atoms with Crippen LogP contribution in [-0.4, -0.2) is 30.3 Å². The van der Waals surface area contributed by atoms with Gasteiger partial charge in [0, 0.05) is 12.7 Å². The van der Waals surface area contributed by atoms with Gasteiger partial charge in [-0.15, -0.1) is 0 Å². The number of carbonyl (C=O) groups is 2. The quantitative estimate of drug-likeness (QED) is 0.578. The van der Waals surface area contributed by atoms with Gasteiger partial charge in [-0.1, -0.05) is 30.3 Å². The van der Waals surface area contributed by atoms with Crippen molar-refractivity contribution in [3.63, 3.8) is 0 Å². The third-order valence-corrected chi connectivity index (χ3v) is 2.59. The highest BCUT2D eigenvalue weighted by molar-refractivity contribution is 6.19. The van der Waals surface area contributed by atoms with Crippen LogP contribution in [0.25, 0.3) is 0 Å². The summed E-state index contributed by atoms with van der Waals surface area (Å²) in [6.45, 7) is 0.854. The zero-order chi connectivity index (χ0) is 12.3. The summed E-state index contributed by atoms with van der Waals surface area (Å²) >= 11 is 0. The molecule has 0 radical (unpaired) electrons. The molecule has 0 bridgehead atoms. The minimum atomic E-state index is -0.564. The number of benzene rings is 1. The van der Waals surface area contributed by atoms with Crippen LogP contribution in [0.1, 0.15) is 5.56 Å². The van der Waals surface area contributed by atoms with Gasteiger partial charge in [0.05, 0.1) is 13.7 Å². The molecule has 0 saturated heterocycles. The van der Waals surface area contributed by atoms with Crippen LogP contribution in [-0.2, 0) is 20.9 Å². The zero-order valence-electron chi connectivity index (χ0n) is 9.55. The van der Waals surface area contributed by atoms with Crippen LogP contribution < -0.4 is 0 Å². The molecule has 0 N–H and O–H groups in total. The van der Waals surface area contributed by atoms with E-state index in [4.69, 9.17) is 0 Å². The maximum absolute atomic E-state index is 11.6. The normalized spacial score (nSPS) is 14.8. The monoisotopic (exact) mass is 231 g/mol. The van der Waals surface area contributed by atoms with Gasteiger partial charge in [0.2, 0.25) is 0 Å². The van der Waals surface area contributed by atoms with E-state index in [2.05, 4.69) is 4.74 Å². The van der Waals surface area contributed by atoms with E-state index < -0.39 is 5.97 Å². The van der Waals surface area contributed by atoms with Gasteiger partial charge in [-0.25, -0.2) is 4.79 Å². The lowest BCUT2D eigenvalue weighted by Crippen LogP contribution is -2.18. The van der Waals surface area contributed by atoms with Gasteiger partial charge in [0.15, 0.2) is 5.78 Å². The number of ether oxygens (including phenoxy) is 1. The summed E-state index contributed by atoms with van der Waals surface area (Å²) in [4.78, 5) is 24.7. The third-order valence-electron chi connectivity index (χ3n) is 2.59. The third kappa shape index (κ3) is 2.53. The Morgan fingerprint density at radius 3 is 2.71 bits per heavy atom. The fourth-order valence-corrected chi connectivity index (χ4v) is 1.77. The Balaban J connectivity index is 2.08. The number of esters is 1. The second-order valence-corrected chi connectivity index (χ2v) is 3.85. The summed E-state index contributed by atoms with van der Waals surface area (Å²) in [5.41, 5.74) is 1.23. The molecule has 0 atom stereocenters. The smallest absolute Gasteiger partial charge is 0.343 e. The van der Waals surface area contributed by atoms with Crippen molar-refractivity contribution < 1.29 is 14.3 Å². The summed E-state index contributed by atoms with van der Waals surface area (Å²) in [7, 11) is 1.27. The molecule has 0 spiro atoms. The van der Waals surface area contributed by atoms with Gasteiger partial charge >= 0.3 is 5.97 Å². The lowest BCUT2D eigenvalue weighted by Gasteiger charge is -2.13. The standard InChI is InChI=1S/C13H13NO3/c1-17-13(16)11-8-14(9-12(11)15)7-10-5-3-2-4-6-10/h2-6,8H,7,9H2,1H3. The van der Waals surface area contributed by atoms with Crippen molar-refractivity contribution in [2.45, 2.75) is 6.54 Å². The molecule has 0 aliphatic carbocycles. The molecule has 0 unspecified atom stereocenters. The highest BCUT2D eigenvalue weighted by atomic mass is 16.5. The van der Waals surface area contributed by atoms with Crippen molar-refractivity contribution in [2.75, 3.05) is 13.7 Å². The van der Waals surface area contributed by atoms with Crippen molar-refractivity contribution in [3.05, 3.63) is 47.7 Å². The van der Waals surface area contributed by atoms with Crippen molar-refractivity contribution in [1.29, 1.82) is 0 Å². The first-order chi connectivity index (χ1) is 8.20. The molecule has 0 fully saturated rings. The summed E-state index contributed by atoms with van der Waals surface area (Å²) in [5.74, 6) is -0.752. The summed E-state index contributed by atoms with van der Waals surface area (Å²) in [6, 6.07) is 9.79. The first-order valence-corrected chi connectivity index (χ1v) is 5.32. The molecule has 1 aromatic rings. The molecule has 4 nitrogen and oxygen atoms in total. The van der Waals surface area contributed by atoms with E-state index in [-0.39, 0.29) is 17.9 Å². The van der Waals surface area contributed by atoms with Gasteiger partial charge in [-0.2, -0.15) is 0 Å². The Kier molecular flexibility index (Phi) is 3.23. The molecular weight excluding hydrogens is 218 g/mol. The molecule has 1 aliphatic rings. The second kappa shape index (κ2) is 4.82. The molecule has 1 aromatic carbocycles. The van der Waals surface area contributed by atoms with E-state index in [1.165, 1.54) is 7.11 Å². The van der Waals surface area contributed by atoms with Crippen LogP contribution in [0.5, 0.6) is 0 Å². The van der Waals surface area contributed by atoms with Crippen LogP contribution in [0.4, 0.5) is 0 Å². The maximum atomic E-state index is 11.6. The summed E-state index contributed by atoms with van der Waals surface area (Å²) in [6.07, 6.45) is 1.57. The number of ketones is 1. The largest absolute Gasteiger partial charge is 0.465 e. The summed E-state index contributed by atoms with van der Waals surface area (Å²) < 4.78 is 4.55. The molecule has 2 rings (SSSR count). The number of methoxy groups -OCH3 is 1. The number of Topliss-reactive ketones (excluding diaryl/α,β-unsaturated/α-hetero) is 1. The Labute approximate surface area is 99.5 Å². The number of rotatable bonds is 3. The Bertz CT molecular complexity index is 465. The summed E-state index contributed by atoms with van der Waals surface area (Å²) in [5, 5.41) is 0. The van der Waals surface area contributed by atoms with Crippen LogP contribution >= 0.6 is 0 Å². The molecular formula is C13H13NO3. The van der Waals surface area contributed by atoms with Crippen molar-refractivity contribution in [2.24, 2.45) is 0 Å². The van der Waals surface area contributed by atoms with Gasteiger partial charge in [0.1, 0.15) is 5.57 Å². The molecule has 1 heterocycles. The van der Waals surface area contributed by atoms with Crippen LogP contribution in [0, 0.1) is 0 Å². The first kappa shape index (κ1) is 11.4. The maximum Gasteiger partial charge on any atom is 0.343 e. The van der Waals surface area contributed by atoms with Crippen molar-refractivity contribution >= 4 is 11.8 Å². The SMILES string of the molecule is COC(=O)C1=CN(Cc2ccccc2)CC1=O. The highest BCUT2D eigenvalue weighted by Gasteiger charge is 2.27. The van der Waals surface area contributed by atoms with E-state index in [1.807, 2.05) is 35.2 Å². The van der Waals surface area contributed by atoms with Crippen LogP contribution in [0.3, 0.4) is 0 Å². The number of hydrogen-bond donors (Lipinski definition) is 0. The van der Waals surface area contributed by atoms with E-state index in [0.29, 0.717) is 6.54 Å². The molecule has 0 aromatic heterocycles. The van der Waals surface area contributed by atoms with E-state index in [9.17, 15) is 9.59 Å². The van der Waals surface area contributed by atoms with Gasteiger partial charge in [0.25, 0.3) is 0 Å². The molecule has 0 saturated carbocycles. The fraction of sp³-hybridized carbons (Fsp3) is 0.231.